The smallest absolute Gasteiger partial charge is 0.145 e. The third-order valence-corrected chi connectivity index (χ3v) is 3.01. The predicted octanol–water partition coefficient (Wildman–Crippen LogP) is 3.54. The Morgan fingerprint density at radius 3 is 2.62 bits per heavy atom. The Morgan fingerprint density at radius 1 is 1.38 bits per heavy atom. The SMILES string of the molecule is CCc1nc(C)c2cc(Cl)n(C(C)C)c2n1. The number of nitrogens with zero attached hydrogens (tertiary/aromatic N) is 3. The Balaban J connectivity index is 2.81. The molecule has 0 aliphatic carbocycles. The van der Waals surface area contributed by atoms with Crippen molar-refractivity contribution in [1.82, 2.24) is 14.5 Å². The van der Waals surface area contributed by atoms with Crippen LogP contribution in [0.5, 0.6) is 0 Å². The number of hydrogen-bond donors (Lipinski definition) is 0. The first-order valence-electron chi connectivity index (χ1n) is 5.58. The van der Waals surface area contributed by atoms with E-state index in [9.17, 15) is 0 Å². The number of aryl methyl sites for hydroxylation is 2. The maximum absolute atomic E-state index is 6.23. The highest BCUT2D eigenvalue weighted by atomic mass is 35.5. The lowest BCUT2D eigenvalue weighted by Gasteiger charge is -2.11. The fourth-order valence-electron chi connectivity index (χ4n) is 1.91. The molecule has 0 aliphatic rings. The lowest BCUT2D eigenvalue weighted by Crippen LogP contribution is -2.04. The van der Waals surface area contributed by atoms with Crippen molar-refractivity contribution in [3.63, 3.8) is 0 Å². The van der Waals surface area contributed by atoms with Gasteiger partial charge in [-0.15, -0.1) is 0 Å². The first kappa shape index (κ1) is 11.4. The van der Waals surface area contributed by atoms with Crippen LogP contribution in [0.1, 0.15) is 38.3 Å². The van der Waals surface area contributed by atoms with Gasteiger partial charge in [-0.1, -0.05) is 18.5 Å². The zero-order valence-corrected chi connectivity index (χ0v) is 10.8. The highest BCUT2D eigenvalue weighted by Crippen LogP contribution is 2.27. The van der Waals surface area contributed by atoms with E-state index in [2.05, 4.69) is 30.7 Å². The van der Waals surface area contributed by atoms with Crippen LogP contribution in [-0.2, 0) is 6.42 Å². The molecule has 0 amide bonds. The Hall–Kier alpha value is -1.09. The van der Waals surface area contributed by atoms with Gasteiger partial charge in [-0.2, -0.15) is 0 Å². The summed E-state index contributed by atoms with van der Waals surface area (Å²) in [6.07, 6.45) is 0.845. The summed E-state index contributed by atoms with van der Waals surface area (Å²) < 4.78 is 2.05. The predicted molar refractivity (Wildman–Crippen MR) is 67.0 cm³/mol. The molecule has 2 heterocycles. The van der Waals surface area contributed by atoms with E-state index in [-0.39, 0.29) is 0 Å². The van der Waals surface area contributed by atoms with Crippen LogP contribution < -0.4 is 0 Å². The van der Waals surface area contributed by atoms with E-state index in [0.717, 1.165) is 34.1 Å². The zero-order chi connectivity index (χ0) is 11.9. The lowest BCUT2D eigenvalue weighted by molar-refractivity contribution is 0.617. The van der Waals surface area contributed by atoms with E-state index in [1.807, 2.05) is 17.6 Å². The van der Waals surface area contributed by atoms with Gasteiger partial charge in [0.05, 0.1) is 5.69 Å². The van der Waals surface area contributed by atoms with Crippen LogP contribution in [0.3, 0.4) is 0 Å². The molecule has 2 aromatic heterocycles. The van der Waals surface area contributed by atoms with Gasteiger partial charge >= 0.3 is 0 Å². The summed E-state index contributed by atoms with van der Waals surface area (Å²) in [4.78, 5) is 9.01. The number of rotatable bonds is 2. The first-order valence-corrected chi connectivity index (χ1v) is 5.96. The molecule has 2 rings (SSSR count). The second kappa shape index (κ2) is 4.06. The Labute approximate surface area is 100 Å². The van der Waals surface area contributed by atoms with E-state index in [4.69, 9.17) is 11.6 Å². The van der Waals surface area contributed by atoms with Crippen LogP contribution in [0.15, 0.2) is 6.07 Å². The fourth-order valence-corrected chi connectivity index (χ4v) is 2.30. The summed E-state index contributed by atoms with van der Waals surface area (Å²) in [5.41, 5.74) is 1.95. The molecule has 0 atom stereocenters. The van der Waals surface area contributed by atoms with Gasteiger partial charge in [-0.25, -0.2) is 9.97 Å². The average Bonchev–Trinajstić information content (AvgIpc) is 2.54. The Morgan fingerprint density at radius 2 is 2.06 bits per heavy atom. The van der Waals surface area contributed by atoms with Crippen LogP contribution in [0.2, 0.25) is 5.15 Å². The average molecular weight is 238 g/mol. The number of aromatic nitrogens is 3. The minimum absolute atomic E-state index is 0.309. The van der Waals surface area contributed by atoms with Gasteiger partial charge in [0, 0.05) is 17.8 Å². The van der Waals surface area contributed by atoms with E-state index in [0.29, 0.717) is 6.04 Å². The van der Waals surface area contributed by atoms with Crippen molar-refractivity contribution in [2.45, 2.75) is 40.2 Å². The number of hydrogen-bond acceptors (Lipinski definition) is 2. The van der Waals surface area contributed by atoms with Crippen molar-refractivity contribution in [3.8, 4) is 0 Å². The molecule has 0 aromatic carbocycles. The van der Waals surface area contributed by atoms with Gasteiger partial charge in [-0.3, -0.25) is 0 Å². The summed E-state index contributed by atoms with van der Waals surface area (Å²) in [7, 11) is 0. The largest absolute Gasteiger partial charge is 0.314 e. The zero-order valence-electron chi connectivity index (χ0n) is 10.1. The highest BCUT2D eigenvalue weighted by molar-refractivity contribution is 6.30. The summed E-state index contributed by atoms with van der Waals surface area (Å²) >= 11 is 6.23. The summed E-state index contributed by atoms with van der Waals surface area (Å²) in [5.74, 6) is 0.877. The molecule has 0 spiro atoms. The Kier molecular flexibility index (Phi) is 2.89. The molecule has 0 fully saturated rings. The van der Waals surface area contributed by atoms with Gasteiger partial charge in [0.15, 0.2) is 0 Å². The van der Waals surface area contributed by atoms with Crippen molar-refractivity contribution in [1.29, 1.82) is 0 Å². The van der Waals surface area contributed by atoms with Gasteiger partial charge in [0.1, 0.15) is 16.6 Å². The molecular weight excluding hydrogens is 222 g/mol. The van der Waals surface area contributed by atoms with Crippen molar-refractivity contribution >= 4 is 22.6 Å². The van der Waals surface area contributed by atoms with E-state index >= 15 is 0 Å². The maximum atomic E-state index is 6.23. The summed E-state index contributed by atoms with van der Waals surface area (Å²) in [6, 6.07) is 2.26. The third kappa shape index (κ3) is 1.69. The molecule has 86 valence electrons. The monoisotopic (exact) mass is 237 g/mol. The van der Waals surface area contributed by atoms with Crippen LogP contribution in [-0.4, -0.2) is 14.5 Å². The quantitative estimate of drug-likeness (QED) is 0.800. The van der Waals surface area contributed by atoms with E-state index in [1.165, 1.54) is 0 Å². The molecule has 0 bridgehead atoms. The standard InChI is InChI=1S/C12H16ClN3/c1-5-11-14-8(4)9-6-10(13)16(7(2)3)12(9)15-11/h6-7H,5H2,1-4H3. The van der Waals surface area contributed by atoms with Gasteiger partial charge in [-0.05, 0) is 26.8 Å². The molecule has 0 aliphatic heterocycles. The molecule has 0 N–H and O–H groups in total. The number of fused-ring (bicyclic) bond motifs is 1. The second-order valence-corrected chi connectivity index (χ2v) is 4.63. The highest BCUT2D eigenvalue weighted by Gasteiger charge is 2.14. The van der Waals surface area contributed by atoms with Crippen LogP contribution in [0, 0.1) is 6.92 Å². The van der Waals surface area contributed by atoms with Crippen molar-refractivity contribution < 1.29 is 0 Å². The van der Waals surface area contributed by atoms with Crippen LogP contribution >= 0.6 is 11.6 Å². The molecular formula is C12H16ClN3. The molecule has 16 heavy (non-hydrogen) atoms. The summed E-state index contributed by atoms with van der Waals surface area (Å²) in [5, 5.41) is 1.78. The second-order valence-electron chi connectivity index (χ2n) is 4.25. The molecule has 0 saturated carbocycles. The molecule has 2 aromatic rings. The minimum atomic E-state index is 0.309. The van der Waals surface area contributed by atoms with Gasteiger partial charge < -0.3 is 4.57 Å². The molecule has 0 radical (unpaired) electrons. The number of halogens is 1. The van der Waals surface area contributed by atoms with Gasteiger partial charge in [0.25, 0.3) is 0 Å². The van der Waals surface area contributed by atoms with E-state index in [1.54, 1.807) is 0 Å². The Bertz CT molecular complexity index is 529. The fraction of sp³-hybridized carbons (Fsp3) is 0.500. The van der Waals surface area contributed by atoms with Crippen LogP contribution in [0.4, 0.5) is 0 Å². The maximum Gasteiger partial charge on any atom is 0.145 e. The lowest BCUT2D eigenvalue weighted by atomic mass is 10.3. The molecule has 0 saturated heterocycles. The topological polar surface area (TPSA) is 30.7 Å². The van der Waals surface area contributed by atoms with E-state index < -0.39 is 0 Å². The minimum Gasteiger partial charge on any atom is -0.314 e. The molecule has 0 unspecified atom stereocenters. The van der Waals surface area contributed by atoms with Crippen molar-refractivity contribution in [3.05, 3.63) is 22.7 Å². The molecule has 3 nitrogen and oxygen atoms in total. The molecule has 4 heteroatoms. The van der Waals surface area contributed by atoms with Crippen LogP contribution in [0.25, 0.3) is 11.0 Å². The summed E-state index contributed by atoms with van der Waals surface area (Å²) in [6.45, 7) is 8.28. The van der Waals surface area contributed by atoms with Crippen molar-refractivity contribution in [2.24, 2.45) is 0 Å². The third-order valence-electron chi connectivity index (χ3n) is 2.72. The van der Waals surface area contributed by atoms with Crippen molar-refractivity contribution in [2.75, 3.05) is 0 Å². The van der Waals surface area contributed by atoms with Gasteiger partial charge in [0.2, 0.25) is 0 Å². The normalized spacial score (nSPS) is 11.6. The first-order chi connectivity index (χ1) is 7.54.